The van der Waals surface area contributed by atoms with Crippen LogP contribution in [-0.2, 0) is 29.2 Å². The number of carbonyl (C=O) groups is 1. The van der Waals surface area contributed by atoms with Gasteiger partial charge in [-0.3, -0.25) is 14.9 Å². The van der Waals surface area contributed by atoms with Gasteiger partial charge in [0.15, 0.2) is 0 Å². The summed E-state index contributed by atoms with van der Waals surface area (Å²) in [6.45, 7) is 1.97. The number of ether oxygens (including phenoxy) is 2. The molecular formula is C25H25NO6. The van der Waals surface area contributed by atoms with Crippen molar-refractivity contribution in [1.82, 2.24) is 0 Å². The molecule has 0 fully saturated rings. The average molecular weight is 435 g/mol. The van der Waals surface area contributed by atoms with Crippen LogP contribution in [0.1, 0.15) is 35.1 Å². The lowest BCUT2D eigenvalue weighted by Gasteiger charge is -2.19. The highest BCUT2D eigenvalue weighted by molar-refractivity contribution is 5.79. The molecule has 3 aromatic rings. The summed E-state index contributed by atoms with van der Waals surface area (Å²) in [6, 6.07) is 21.4. The van der Waals surface area contributed by atoms with E-state index in [1.807, 2.05) is 54.6 Å². The van der Waals surface area contributed by atoms with Crippen molar-refractivity contribution in [2.24, 2.45) is 0 Å². The quantitative estimate of drug-likeness (QED) is 0.285. The Morgan fingerprint density at radius 2 is 1.75 bits per heavy atom. The second-order valence-electron chi connectivity index (χ2n) is 7.23. The number of nitrogens with zero attached hydrogens (tertiary/aromatic N) is 1. The minimum absolute atomic E-state index is 0.139. The van der Waals surface area contributed by atoms with Crippen molar-refractivity contribution in [3.8, 4) is 5.75 Å². The number of carbonyl (C=O) groups excluding carboxylic acids is 1. The first-order chi connectivity index (χ1) is 15.5. The van der Waals surface area contributed by atoms with E-state index in [2.05, 4.69) is 0 Å². The molecule has 0 aromatic heterocycles. The number of nitro benzene ring substituents is 1. The summed E-state index contributed by atoms with van der Waals surface area (Å²) in [6.07, 6.45) is 0.322. The zero-order chi connectivity index (χ0) is 22.9. The first kappa shape index (κ1) is 23.0. The number of aliphatic hydroxyl groups excluding tert-OH is 1. The maximum Gasteiger partial charge on any atom is 0.313 e. The molecule has 7 heteroatoms. The van der Waals surface area contributed by atoms with Gasteiger partial charge in [0.1, 0.15) is 12.4 Å². The predicted molar refractivity (Wildman–Crippen MR) is 119 cm³/mol. The summed E-state index contributed by atoms with van der Waals surface area (Å²) in [5.74, 6) is -0.439. The minimum Gasteiger partial charge on any atom is -0.489 e. The Morgan fingerprint density at radius 3 is 2.38 bits per heavy atom. The van der Waals surface area contributed by atoms with Gasteiger partial charge in [-0.05, 0) is 47.7 Å². The van der Waals surface area contributed by atoms with Crippen molar-refractivity contribution in [2.45, 2.75) is 32.5 Å². The molecule has 0 aliphatic carbocycles. The largest absolute Gasteiger partial charge is 0.489 e. The Kier molecular flexibility index (Phi) is 7.94. The lowest BCUT2D eigenvalue weighted by molar-refractivity contribution is -0.385. The molecule has 7 nitrogen and oxygen atoms in total. The summed E-state index contributed by atoms with van der Waals surface area (Å²) < 4.78 is 11.0. The number of esters is 1. The van der Waals surface area contributed by atoms with Gasteiger partial charge in [0.05, 0.1) is 24.1 Å². The normalized spacial score (nSPS) is 11.6. The van der Waals surface area contributed by atoms with Gasteiger partial charge in [-0.2, -0.15) is 0 Å². The van der Waals surface area contributed by atoms with Gasteiger partial charge in [0, 0.05) is 12.1 Å². The monoisotopic (exact) mass is 435 g/mol. The Bertz CT molecular complexity index is 1050. The number of nitro groups is 1. The molecule has 0 radical (unpaired) electrons. The summed E-state index contributed by atoms with van der Waals surface area (Å²) in [5.41, 5.74) is 2.65. The van der Waals surface area contributed by atoms with Gasteiger partial charge in [-0.25, -0.2) is 0 Å². The van der Waals surface area contributed by atoms with Crippen molar-refractivity contribution in [1.29, 1.82) is 0 Å². The van der Waals surface area contributed by atoms with E-state index < -0.39 is 23.4 Å². The van der Waals surface area contributed by atoms with E-state index in [-0.39, 0.29) is 12.3 Å². The highest BCUT2D eigenvalue weighted by Crippen LogP contribution is 2.29. The zero-order valence-corrected chi connectivity index (χ0v) is 17.8. The highest BCUT2D eigenvalue weighted by Gasteiger charge is 2.26. The third-order valence-electron chi connectivity index (χ3n) is 5.07. The lowest BCUT2D eigenvalue weighted by atomic mass is 9.88. The van der Waals surface area contributed by atoms with E-state index in [4.69, 9.17) is 9.47 Å². The molecule has 0 aliphatic heterocycles. The topological polar surface area (TPSA) is 98.9 Å². The summed E-state index contributed by atoms with van der Waals surface area (Å²) in [5, 5.41) is 20.8. The van der Waals surface area contributed by atoms with Crippen molar-refractivity contribution in [3.05, 3.63) is 105 Å². The molecule has 0 spiro atoms. The van der Waals surface area contributed by atoms with Crippen molar-refractivity contribution in [2.75, 3.05) is 6.61 Å². The van der Waals surface area contributed by atoms with Crippen LogP contribution in [0.3, 0.4) is 0 Å². The van der Waals surface area contributed by atoms with Gasteiger partial charge in [0.25, 0.3) is 5.69 Å². The molecule has 0 heterocycles. The predicted octanol–water partition coefficient (Wildman–Crippen LogP) is 4.56. The number of aliphatic hydroxyl groups is 1. The minimum atomic E-state index is -0.700. The first-order valence-corrected chi connectivity index (χ1v) is 10.3. The summed E-state index contributed by atoms with van der Waals surface area (Å²) in [4.78, 5) is 23.2. The Morgan fingerprint density at radius 1 is 1.03 bits per heavy atom. The van der Waals surface area contributed by atoms with Gasteiger partial charge in [0.2, 0.25) is 0 Å². The van der Waals surface area contributed by atoms with E-state index >= 15 is 0 Å². The van der Waals surface area contributed by atoms with E-state index in [1.165, 1.54) is 18.2 Å². The zero-order valence-electron chi connectivity index (χ0n) is 17.8. The van der Waals surface area contributed by atoms with Gasteiger partial charge in [-0.15, -0.1) is 0 Å². The van der Waals surface area contributed by atoms with E-state index in [0.29, 0.717) is 29.9 Å². The first-order valence-electron chi connectivity index (χ1n) is 10.3. The third kappa shape index (κ3) is 5.92. The van der Waals surface area contributed by atoms with Crippen LogP contribution < -0.4 is 4.74 Å². The Balaban J connectivity index is 1.79. The third-order valence-corrected chi connectivity index (χ3v) is 5.07. The lowest BCUT2D eigenvalue weighted by Crippen LogP contribution is -2.20. The molecule has 32 heavy (non-hydrogen) atoms. The van der Waals surface area contributed by atoms with E-state index in [9.17, 15) is 20.0 Å². The van der Waals surface area contributed by atoms with Crippen LogP contribution in [0.2, 0.25) is 0 Å². The van der Waals surface area contributed by atoms with Crippen molar-refractivity contribution >= 4 is 11.7 Å². The van der Waals surface area contributed by atoms with Gasteiger partial charge >= 0.3 is 5.97 Å². The van der Waals surface area contributed by atoms with Crippen LogP contribution in [0.25, 0.3) is 0 Å². The Hall–Kier alpha value is -3.71. The van der Waals surface area contributed by atoms with Crippen LogP contribution >= 0.6 is 0 Å². The molecule has 0 amide bonds. The molecule has 1 atom stereocenters. The SMILES string of the molecule is CCOC(=O)C(Cc1ccc(OCc2ccccc2)cc1)c1ccc([N+](=O)[O-])cc1CO. The molecular weight excluding hydrogens is 410 g/mol. The van der Waals surface area contributed by atoms with E-state index in [0.717, 1.165) is 11.1 Å². The molecule has 1 unspecified atom stereocenters. The van der Waals surface area contributed by atoms with Crippen molar-refractivity contribution in [3.63, 3.8) is 0 Å². The molecule has 0 saturated carbocycles. The maximum absolute atomic E-state index is 12.7. The van der Waals surface area contributed by atoms with Crippen molar-refractivity contribution < 1.29 is 24.3 Å². The Labute approximate surface area is 186 Å². The van der Waals surface area contributed by atoms with Crippen LogP contribution in [-0.4, -0.2) is 22.6 Å². The van der Waals surface area contributed by atoms with Gasteiger partial charge in [-0.1, -0.05) is 48.5 Å². The molecule has 0 aliphatic rings. The second-order valence-corrected chi connectivity index (χ2v) is 7.23. The van der Waals surface area contributed by atoms with Crippen LogP contribution in [0.15, 0.2) is 72.8 Å². The van der Waals surface area contributed by atoms with Gasteiger partial charge < -0.3 is 14.6 Å². The molecule has 0 bridgehead atoms. The number of rotatable bonds is 10. The molecule has 3 rings (SSSR count). The maximum atomic E-state index is 12.7. The molecule has 3 aromatic carbocycles. The standard InChI is InChI=1S/C25H25NO6/c1-2-31-25(28)24(23-13-10-21(26(29)30)15-20(23)16-27)14-18-8-11-22(12-9-18)32-17-19-6-4-3-5-7-19/h3-13,15,24,27H,2,14,16-17H2,1H3. The van der Waals surface area contributed by atoms with Crippen LogP contribution in [0, 0.1) is 10.1 Å². The number of benzene rings is 3. The number of hydrogen-bond donors (Lipinski definition) is 1. The average Bonchev–Trinajstić information content (AvgIpc) is 2.82. The smallest absolute Gasteiger partial charge is 0.313 e. The molecule has 1 N–H and O–H groups in total. The number of hydrogen-bond acceptors (Lipinski definition) is 6. The van der Waals surface area contributed by atoms with E-state index in [1.54, 1.807) is 6.92 Å². The fourth-order valence-corrected chi connectivity index (χ4v) is 3.44. The van der Waals surface area contributed by atoms with Crippen LogP contribution in [0.5, 0.6) is 5.75 Å². The fourth-order valence-electron chi connectivity index (χ4n) is 3.44. The van der Waals surface area contributed by atoms with Crippen LogP contribution in [0.4, 0.5) is 5.69 Å². The molecule has 0 saturated heterocycles. The summed E-state index contributed by atoms with van der Waals surface area (Å²) >= 11 is 0. The fraction of sp³-hybridized carbons (Fsp3) is 0.240. The second kappa shape index (κ2) is 11.1. The highest BCUT2D eigenvalue weighted by atomic mass is 16.6. The summed E-state index contributed by atoms with van der Waals surface area (Å²) in [7, 11) is 0. The molecule has 166 valence electrons. The number of non-ortho nitro benzene ring substituents is 1.